The molecule has 1 aliphatic carbocycles. The Balaban J connectivity index is 1.79. The van der Waals surface area contributed by atoms with E-state index < -0.39 is 0 Å². The molecule has 6 nitrogen and oxygen atoms in total. The van der Waals surface area contributed by atoms with E-state index in [2.05, 4.69) is 44.5 Å². The number of nitrogens with zero attached hydrogens (tertiary/aromatic N) is 3. The lowest BCUT2D eigenvalue weighted by Crippen LogP contribution is -2.45. The van der Waals surface area contributed by atoms with Crippen LogP contribution in [0.5, 0.6) is 0 Å². The molecule has 2 unspecified atom stereocenters. The zero-order valence-corrected chi connectivity index (χ0v) is 13.9. The fourth-order valence-corrected chi connectivity index (χ4v) is 3.80. The SMILES string of the molecule is CCSC1CCCC(NC(=NC)NCc2noc(C)n2)C1. The Labute approximate surface area is 130 Å². The van der Waals surface area contributed by atoms with Crippen molar-refractivity contribution in [2.45, 2.75) is 57.4 Å². The number of aliphatic imine (C=N–C) groups is 1. The highest BCUT2D eigenvalue weighted by Crippen LogP contribution is 2.28. The molecule has 0 aromatic carbocycles. The van der Waals surface area contributed by atoms with Gasteiger partial charge in [-0.25, -0.2) is 0 Å². The third-order valence-electron chi connectivity index (χ3n) is 3.58. The van der Waals surface area contributed by atoms with Crippen molar-refractivity contribution >= 4 is 17.7 Å². The lowest BCUT2D eigenvalue weighted by atomic mass is 9.95. The van der Waals surface area contributed by atoms with Crippen LogP contribution in [0.2, 0.25) is 0 Å². The Morgan fingerprint density at radius 2 is 2.33 bits per heavy atom. The Morgan fingerprint density at radius 1 is 1.48 bits per heavy atom. The third kappa shape index (κ3) is 5.22. The summed E-state index contributed by atoms with van der Waals surface area (Å²) in [6, 6.07) is 0.501. The summed E-state index contributed by atoms with van der Waals surface area (Å²) in [5.74, 6) is 3.24. The van der Waals surface area contributed by atoms with Crippen LogP contribution in [0.15, 0.2) is 9.52 Å². The van der Waals surface area contributed by atoms with Gasteiger partial charge in [0, 0.05) is 25.3 Å². The highest BCUT2D eigenvalue weighted by Gasteiger charge is 2.22. The van der Waals surface area contributed by atoms with Crippen molar-refractivity contribution in [3.63, 3.8) is 0 Å². The van der Waals surface area contributed by atoms with Gasteiger partial charge in [-0.05, 0) is 25.0 Å². The highest BCUT2D eigenvalue weighted by molar-refractivity contribution is 7.99. The van der Waals surface area contributed by atoms with Crippen molar-refractivity contribution in [3.8, 4) is 0 Å². The van der Waals surface area contributed by atoms with E-state index >= 15 is 0 Å². The summed E-state index contributed by atoms with van der Waals surface area (Å²) in [4.78, 5) is 8.45. The van der Waals surface area contributed by atoms with Crippen molar-refractivity contribution in [2.75, 3.05) is 12.8 Å². The molecule has 1 saturated carbocycles. The molecular formula is C14H25N5OS. The van der Waals surface area contributed by atoms with Gasteiger partial charge in [0.2, 0.25) is 5.89 Å². The number of aryl methyl sites for hydroxylation is 1. The molecule has 1 aromatic heterocycles. The van der Waals surface area contributed by atoms with Crippen LogP contribution in [0.3, 0.4) is 0 Å². The average Bonchev–Trinajstić information content (AvgIpc) is 2.90. The normalized spacial score (nSPS) is 23.1. The van der Waals surface area contributed by atoms with Gasteiger partial charge in [0.05, 0.1) is 6.54 Å². The first-order valence-electron chi connectivity index (χ1n) is 7.59. The number of rotatable bonds is 5. The van der Waals surface area contributed by atoms with E-state index in [1.165, 1.54) is 31.4 Å². The quantitative estimate of drug-likeness (QED) is 0.641. The smallest absolute Gasteiger partial charge is 0.223 e. The van der Waals surface area contributed by atoms with Crippen molar-refractivity contribution in [1.82, 2.24) is 20.8 Å². The van der Waals surface area contributed by atoms with Gasteiger partial charge in [0.25, 0.3) is 0 Å². The van der Waals surface area contributed by atoms with E-state index in [4.69, 9.17) is 4.52 Å². The van der Waals surface area contributed by atoms with Crippen molar-refractivity contribution < 1.29 is 4.52 Å². The molecule has 1 fully saturated rings. The van der Waals surface area contributed by atoms with Crippen LogP contribution in [0.1, 0.15) is 44.3 Å². The topological polar surface area (TPSA) is 75.3 Å². The molecule has 0 amide bonds. The molecule has 1 aliphatic rings. The van der Waals surface area contributed by atoms with Gasteiger partial charge < -0.3 is 15.2 Å². The van der Waals surface area contributed by atoms with Crippen LogP contribution in [-0.2, 0) is 6.54 Å². The monoisotopic (exact) mass is 311 g/mol. The van der Waals surface area contributed by atoms with Gasteiger partial charge in [-0.1, -0.05) is 18.5 Å². The summed E-state index contributed by atoms with van der Waals surface area (Å²) in [7, 11) is 1.79. The van der Waals surface area contributed by atoms with Gasteiger partial charge in [0.15, 0.2) is 11.8 Å². The van der Waals surface area contributed by atoms with Crippen LogP contribution in [0.4, 0.5) is 0 Å². The van der Waals surface area contributed by atoms with Gasteiger partial charge in [-0.3, -0.25) is 4.99 Å². The van der Waals surface area contributed by atoms with Crippen LogP contribution in [-0.4, -0.2) is 40.2 Å². The van der Waals surface area contributed by atoms with Crippen molar-refractivity contribution in [3.05, 3.63) is 11.7 Å². The third-order valence-corrected chi connectivity index (χ3v) is 4.81. The first kappa shape index (κ1) is 16.1. The first-order chi connectivity index (χ1) is 10.2. The van der Waals surface area contributed by atoms with Crippen LogP contribution < -0.4 is 10.6 Å². The molecule has 2 N–H and O–H groups in total. The first-order valence-corrected chi connectivity index (χ1v) is 8.64. The summed E-state index contributed by atoms with van der Waals surface area (Å²) in [6.45, 7) is 4.54. The lowest BCUT2D eigenvalue weighted by molar-refractivity contribution is 0.386. The van der Waals surface area contributed by atoms with E-state index in [-0.39, 0.29) is 0 Å². The molecule has 1 aromatic rings. The molecule has 0 radical (unpaired) electrons. The minimum Gasteiger partial charge on any atom is -0.354 e. The van der Waals surface area contributed by atoms with E-state index in [0.29, 0.717) is 24.3 Å². The number of nitrogens with one attached hydrogen (secondary N) is 2. The standard InChI is InChI=1S/C14H25N5OS/c1-4-21-12-7-5-6-11(8-12)18-14(15-3)16-9-13-17-10(2)20-19-13/h11-12H,4-9H2,1-3H3,(H2,15,16,18). The van der Waals surface area contributed by atoms with Crippen molar-refractivity contribution in [2.24, 2.45) is 4.99 Å². The van der Waals surface area contributed by atoms with Crippen LogP contribution >= 0.6 is 11.8 Å². The van der Waals surface area contributed by atoms with Gasteiger partial charge in [0.1, 0.15) is 0 Å². The number of hydrogen-bond acceptors (Lipinski definition) is 5. The Morgan fingerprint density at radius 3 is 3.00 bits per heavy atom. The molecule has 2 atom stereocenters. The van der Waals surface area contributed by atoms with Gasteiger partial charge >= 0.3 is 0 Å². The zero-order valence-electron chi connectivity index (χ0n) is 13.1. The predicted molar refractivity (Wildman–Crippen MR) is 86.5 cm³/mol. The molecule has 2 rings (SSSR count). The minimum atomic E-state index is 0.501. The van der Waals surface area contributed by atoms with Gasteiger partial charge in [-0.15, -0.1) is 0 Å². The number of hydrogen-bond donors (Lipinski definition) is 2. The number of aromatic nitrogens is 2. The summed E-state index contributed by atoms with van der Waals surface area (Å²) in [5, 5.41) is 11.4. The second-order valence-electron chi connectivity index (χ2n) is 5.24. The summed E-state index contributed by atoms with van der Waals surface area (Å²) in [5.41, 5.74) is 0. The van der Waals surface area contributed by atoms with Crippen LogP contribution in [0, 0.1) is 6.92 Å². The second kappa shape index (κ2) is 8.26. The summed E-state index contributed by atoms with van der Waals surface area (Å²) >= 11 is 2.07. The Bertz CT molecular complexity index is 460. The Kier molecular flexibility index (Phi) is 6.35. The molecule has 21 heavy (non-hydrogen) atoms. The molecule has 0 saturated heterocycles. The van der Waals surface area contributed by atoms with Crippen molar-refractivity contribution in [1.29, 1.82) is 0 Å². The fraction of sp³-hybridized carbons (Fsp3) is 0.786. The molecule has 0 aliphatic heterocycles. The maximum atomic E-state index is 4.96. The minimum absolute atomic E-state index is 0.501. The molecular weight excluding hydrogens is 286 g/mol. The average molecular weight is 311 g/mol. The number of thioether (sulfide) groups is 1. The Hall–Kier alpha value is -1.24. The second-order valence-corrected chi connectivity index (χ2v) is 6.82. The van der Waals surface area contributed by atoms with Crippen LogP contribution in [0.25, 0.3) is 0 Å². The van der Waals surface area contributed by atoms with E-state index in [0.717, 1.165) is 11.2 Å². The summed E-state index contributed by atoms with van der Waals surface area (Å²) in [6.07, 6.45) is 5.05. The zero-order chi connectivity index (χ0) is 15.1. The molecule has 118 valence electrons. The molecule has 0 bridgehead atoms. The maximum Gasteiger partial charge on any atom is 0.223 e. The highest BCUT2D eigenvalue weighted by atomic mass is 32.2. The number of guanidine groups is 1. The fourth-order valence-electron chi connectivity index (χ4n) is 2.63. The summed E-state index contributed by atoms with van der Waals surface area (Å²) < 4.78 is 4.96. The molecule has 7 heteroatoms. The predicted octanol–water partition coefficient (Wildman–Crippen LogP) is 2.11. The van der Waals surface area contributed by atoms with Gasteiger partial charge in [-0.2, -0.15) is 16.7 Å². The lowest BCUT2D eigenvalue weighted by Gasteiger charge is -2.30. The molecule has 0 spiro atoms. The molecule has 1 heterocycles. The van der Waals surface area contributed by atoms with E-state index in [1.807, 2.05) is 0 Å². The largest absolute Gasteiger partial charge is 0.354 e. The van der Waals surface area contributed by atoms with E-state index in [9.17, 15) is 0 Å². The van der Waals surface area contributed by atoms with E-state index in [1.54, 1.807) is 14.0 Å². The maximum absolute atomic E-state index is 4.96.